The second kappa shape index (κ2) is 17.4. The van der Waals surface area contributed by atoms with Crippen molar-refractivity contribution in [2.45, 2.75) is 63.5 Å². The molecule has 0 spiro atoms. The molecule has 240 valence electrons. The maximum Gasteiger partial charge on any atom is 0.341 e. The van der Waals surface area contributed by atoms with E-state index in [9.17, 15) is 9.90 Å². The predicted octanol–water partition coefficient (Wildman–Crippen LogP) is 7.38. The van der Waals surface area contributed by atoms with Crippen LogP contribution in [0.1, 0.15) is 58.2 Å². The Kier molecular flexibility index (Phi) is 12.5. The SMILES string of the molecule is COC(=O)c1c(C/C=C/[C@@H](O)C[C@@H]2C[C@H](CCOCc3ccccc3)O[C@H](c3ccccc3)O2)cccc1OCc1ccccc1. The number of benzene rings is 4. The van der Waals surface area contributed by atoms with Gasteiger partial charge >= 0.3 is 5.97 Å². The van der Waals surface area contributed by atoms with Gasteiger partial charge in [-0.3, -0.25) is 0 Å². The van der Waals surface area contributed by atoms with E-state index in [4.69, 9.17) is 23.7 Å². The number of hydrogen-bond donors (Lipinski definition) is 1. The molecule has 7 heteroatoms. The van der Waals surface area contributed by atoms with Crippen LogP contribution in [0.25, 0.3) is 0 Å². The molecular formula is C39H42O7. The Bertz CT molecular complexity index is 1510. The molecule has 1 aliphatic heterocycles. The smallest absolute Gasteiger partial charge is 0.341 e. The van der Waals surface area contributed by atoms with E-state index in [1.807, 2.05) is 109 Å². The van der Waals surface area contributed by atoms with Gasteiger partial charge in [-0.05, 0) is 35.6 Å². The lowest BCUT2D eigenvalue weighted by molar-refractivity contribution is -0.253. The Hall–Kier alpha value is -4.27. The van der Waals surface area contributed by atoms with Crippen molar-refractivity contribution in [3.8, 4) is 5.75 Å². The molecule has 0 aliphatic carbocycles. The summed E-state index contributed by atoms with van der Waals surface area (Å²) in [5, 5.41) is 11.0. The number of methoxy groups -OCH3 is 1. The van der Waals surface area contributed by atoms with Crippen LogP contribution in [0.15, 0.2) is 121 Å². The molecule has 0 unspecified atom stereocenters. The summed E-state index contributed by atoms with van der Waals surface area (Å²) in [6.45, 7) is 1.45. The molecule has 1 fully saturated rings. The topological polar surface area (TPSA) is 83.5 Å². The highest BCUT2D eigenvalue weighted by Gasteiger charge is 2.32. The van der Waals surface area contributed by atoms with E-state index in [1.54, 1.807) is 12.1 Å². The summed E-state index contributed by atoms with van der Waals surface area (Å²) in [5.74, 6) is -0.00235. The predicted molar refractivity (Wildman–Crippen MR) is 176 cm³/mol. The van der Waals surface area contributed by atoms with Crippen LogP contribution in [0.3, 0.4) is 0 Å². The highest BCUT2D eigenvalue weighted by molar-refractivity contribution is 5.94. The monoisotopic (exact) mass is 622 g/mol. The zero-order valence-electron chi connectivity index (χ0n) is 26.2. The number of aliphatic hydroxyl groups excluding tert-OH is 1. The first-order chi connectivity index (χ1) is 22.6. The number of ether oxygens (including phenoxy) is 5. The third kappa shape index (κ3) is 9.86. The van der Waals surface area contributed by atoms with Crippen LogP contribution in [0.2, 0.25) is 0 Å². The summed E-state index contributed by atoms with van der Waals surface area (Å²) in [6, 6.07) is 35.2. The average molecular weight is 623 g/mol. The third-order valence-electron chi connectivity index (χ3n) is 7.86. The van der Waals surface area contributed by atoms with Crippen molar-refractivity contribution in [2.24, 2.45) is 0 Å². The Labute approximate surface area is 271 Å². The summed E-state index contributed by atoms with van der Waals surface area (Å²) in [6.07, 6.45) is 4.29. The third-order valence-corrected chi connectivity index (χ3v) is 7.86. The molecule has 1 heterocycles. The summed E-state index contributed by atoms with van der Waals surface area (Å²) >= 11 is 0. The van der Waals surface area contributed by atoms with Gasteiger partial charge < -0.3 is 28.8 Å². The first-order valence-electron chi connectivity index (χ1n) is 15.8. The van der Waals surface area contributed by atoms with Gasteiger partial charge in [0.05, 0.1) is 32.0 Å². The lowest BCUT2D eigenvalue weighted by Crippen LogP contribution is -2.36. The van der Waals surface area contributed by atoms with Crippen LogP contribution < -0.4 is 4.74 Å². The van der Waals surface area contributed by atoms with Crippen LogP contribution in [0.5, 0.6) is 5.75 Å². The molecule has 0 aromatic heterocycles. The second-order valence-electron chi connectivity index (χ2n) is 11.3. The first kappa shape index (κ1) is 33.1. The average Bonchev–Trinajstić information content (AvgIpc) is 3.10. The molecule has 0 saturated carbocycles. The number of carbonyl (C=O) groups excluding carboxylic acids is 1. The summed E-state index contributed by atoms with van der Waals surface area (Å²) in [7, 11) is 1.36. The molecule has 0 bridgehead atoms. The largest absolute Gasteiger partial charge is 0.488 e. The Morgan fingerprint density at radius 1 is 0.848 bits per heavy atom. The number of allylic oxidation sites excluding steroid dienone is 1. The van der Waals surface area contributed by atoms with E-state index in [2.05, 4.69) is 0 Å². The Morgan fingerprint density at radius 3 is 2.20 bits per heavy atom. The van der Waals surface area contributed by atoms with Gasteiger partial charge in [0.25, 0.3) is 0 Å². The lowest BCUT2D eigenvalue weighted by atomic mass is 9.99. The van der Waals surface area contributed by atoms with Crippen molar-refractivity contribution >= 4 is 5.97 Å². The summed E-state index contributed by atoms with van der Waals surface area (Å²) in [4.78, 5) is 12.8. The van der Waals surface area contributed by atoms with Crippen LogP contribution in [-0.2, 0) is 38.6 Å². The van der Waals surface area contributed by atoms with E-state index < -0.39 is 18.4 Å². The van der Waals surface area contributed by atoms with E-state index in [-0.39, 0.29) is 12.2 Å². The fourth-order valence-corrected chi connectivity index (χ4v) is 5.51. The van der Waals surface area contributed by atoms with Gasteiger partial charge in [0.1, 0.15) is 17.9 Å². The number of carbonyl (C=O) groups is 1. The van der Waals surface area contributed by atoms with Crippen molar-refractivity contribution in [2.75, 3.05) is 13.7 Å². The van der Waals surface area contributed by atoms with Crippen molar-refractivity contribution in [3.05, 3.63) is 149 Å². The van der Waals surface area contributed by atoms with E-state index in [0.717, 1.165) is 28.7 Å². The van der Waals surface area contributed by atoms with Crippen molar-refractivity contribution in [1.29, 1.82) is 0 Å². The van der Waals surface area contributed by atoms with Gasteiger partial charge in [0.2, 0.25) is 0 Å². The molecule has 46 heavy (non-hydrogen) atoms. The maximum atomic E-state index is 12.8. The molecule has 4 aromatic carbocycles. The minimum Gasteiger partial charge on any atom is -0.488 e. The number of esters is 1. The lowest BCUT2D eigenvalue weighted by Gasteiger charge is -2.36. The molecule has 0 radical (unpaired) electrons. The molecule has 5 rings (SSSR count). The summed E-state index contributed by atoms with van der Waals surface area (Å²) < 4.78 is 29.7. The van der Waals surface area contributed by atoms with Crippen LogP contribution >= 0.6 is 0 Å². The van der Waals surface area contributed by atoms with E-state index in [1.165, 1.54) is 7.11 Å². The van der Waals surface area contributed by atoms with Crippen LogP contribution in [0, 0.1) is 0 Å². The van der Waals surface area contributed by atoms with Gasteiger partial charge in [-0.2, -0.15) is 0 Å². The van der Waals surface area contributed by atoms with Gasteiger partial charge in [0.15, 0.2) is 6.29 Å². The van der Waals surface area contributed by atoms with E-state index >= 15 is 0 Å². The number of hydrogen-bond acceptors (Lipinski definition) is 7. The number of rotatable bonds is 15. The van der Waals surface area contributed by atoms with E-state index in [0.29, 0.717) is 50.4 Å². The molecule has 0 amide bonds. The Morgan fingerprint density at radius 2 is 1.50 bits per heavy atom. The zero-order valence-corrected chi connectivity index (χ0v) is 26.2. The fourth-order valence-electron chi connectivity index (χ4n) is 5.51. The van der Waals surface area contributed by atoms with Crippen LogP contribution in [0.4, 0.5) is 0 Å². The molecule has 7 nitrogen and oxygen atoms in total. The zero-order chi connectivity index (χ0) is 32.0. The minimum atomic E-state index is -0.742. The Balaban J connectivity index is 1.19. The van der Waals surface area contributed by atoms with Crippen LogP contribution in [-0.4, -0.2) is 43.1 Å². The molecule has 4 aromatic rings. The maximum absolute atomic E-state index is 12.8. The first-order valence-corrected chi connectivity index (χ1v) is 15.8. The standard InChI is InChI=1S/C39H42O7/c1-42-38(41)37-31(20-12-22-36(37)44-28-30-15-7-3-8-16-30)19-11-21-33(40)25-35-26-34(23-24-43-27-29-13-5-2-6-14-29)45-39(46-35)32-17-9-4-10-18-32/h2-18,20-22,33-35,39-40H,19,23-28H2,1H3/b21-11+/t33-,34+,35-,39+/m1/s1. The van der Waals surface area contributed by atoms with Gasteiger partial charge in [0, 0.05) is 25.0 Å². The van der Waals surface area contributed by atoms with Crippen molar-refractivity contribution in [3.63, 3.8) is 0 Å². The molecular weight excluding hydrogens is 580 g/mol. The van der Waals surface area contributed by atoms with Gasteiger partial charge in [-0.25, -0.2) is 4.79 Å². The molecule has 4 atom stereocenters. The highest BCUT2D eigenvalue weighted by atomic mass is 16.7. The molecule has 1 aliphatic rings. The highest BCUT2D eigenvalue weighted by Crippen LogP contribution is 2.33. The van der Waals surface area contributed by atoms with Gasteiger partial charge in [-0.1, -0.05) is 115 Å². The molecule has 1 N–H and O–H groups in total. The van der Waals surface area contributed by atoms with Crippen molar-refractivity contribution in [1.82, 2.24) is 0 Å². The second-order valence-corrected chi connectivity index (χ2v) is 11.3. The minimum absolute atomic E-state index is 0.0721. The molecule has 1 saturated heterocycles. The fraction of sp³-hybridized carbons (Fsp3) is 0.308. The summed E-state index contributed by atoms with van der Waals surface area (Å²) in [5.41, 5.74) is 4.21. The van der Waals surface area contributed by atoms with Gasteiger partial charge in [-0.15, -0.1) is 0 Å². The normalized spacial score (nSPS) is 18.7. The van der Waals surface area contributed by atoms with Crippen molar-refractivity contribution < 1.29 is 33.6 Å². The number of aliphatic hydroxyl groups is 1. The quantitative estimate of drug-likeness (QED) is 0.0841.